The molecule has 3 N–H and O–H groups in total. The fourth-order valence-corrected chi connectivity index (χ4v) is 2.05. The second-order valence-electron chi connectivity index (χ2n) is 4.66. The van der Waals surface area contributed by atoms with Crippen LogP contribution in [0.4, 0.5) is 10.5 Å². The summed E-state index contributed by atoms with van der Waals surface area (Å²) in [7, 11) is 0. The number of carbonyl (C=O) groups excluding carboxylic acids is 1. The molecule has 0 aliphatic rings. The highest BCUT2D eigenvalue weighted by molar-refractivity contribution is 5.90. The number of hydrogen-bond donors (Lipinski definition) is 3. The van der Waals surface area contributed by atoms with E-state index in [1.807, 2.05) is 37.3 Å². The Hall–Kier alpha value is -2.34. The Morgan fingerprint density at radius 3 is 2.71 bits per heavy atom. The van der Waals surface area contributed by atoms with Crippen molar-refractivity contribution in [2.24, 2.45) is 0 Å². The molecule has 1 heterocycles. The summed E-state index contributed by atoms with van der Waals surface area (Å²) in [6, 6.07) is 8.43. The Balaban J connectivity index is 2.05. The number of carbonyl (C=O) groups is 1. The largest absolute Gasteiger partial charge is 0.394 e. The highest BCUT2D eigenvalue weighted by Gasteiger charge is 2.17. The lowest BCUT2D eigenvalue weighted by atomic mass is 10.1. The average molecular weight is 289 g/mol. The van der Waals surface area contributed by atoms with E-state index in [9.17, 15) is 9.90 Å². The van der Waals surface area contributed by atoms with Crippen molar-refractivity contribution < 1.29 is 14.4 Å². The maximum Gasteiger partial charge on any atom is 0.319 e. The maximum absolute atomic E-state index is 12.1. The van der Waals surface area contributed by atoms with Crippen LogP contribution >= 0.6 is 0 Å². The van der Waals surface area contributed by atoms with Crippen molar-refractivity contribution in [1.82, 2.24) is 10.5 Å². The van der Waals surface area contributed by atoms with Gasteiger partial charge in [0.15, 0.2) is 5.76 Å². The molecule has 0 radical (unpaired) electrons. The number of aliphatic hydroxyl groups excluding tert-OH is 1. The van der Waals surface area contributed by atoms with Gasteiger partial charge in [0.2, 0.25) is 0 Å². The highest BCUT2D eigenvalue weighted by atomic mass is 16.5. The second-order valence-corrected chi connectivity index (χ2v) is 4.66. The summed E-state index contributed by atoms with van der Waals surface area (Å²) in [5.74, 6) is 0.628. The maximum atomic E-state index is 12.1. The van der Waals surface area contributed by atoms with E-state index in [-0.39, 0.29) is 6.61 Å². The van der Waals surface area contributed by atoms with E-state index in [4.69, 9.17) is 4.52 Å². The minimum absolute atomic E-state index is 0.180. The first kappa shape index (κ1) is 15.1. The van der Waals surface area contributed by atoms with E-state index in [0.717, 1.165) is 5.56 Å². The first-order valence-electron chi connectivity index (χ1n) is 6.84. The van der Waals surface area contributed by atoms with Crippen LogP contribution in [0.1, 0.15) is 30.0 Å². The number of rotatable bonds is 5. The Kier molecular flexibility index (Phi) is 4.94. The van der Waals surface area contributed by atoms with Crippen LogP contribution in [0.3, 0.4) is 0 Å². The van der Waals surface area contributed by atoms with E-state index < -0.39 is 12.1 Å². The van der Waals surface area contributed by atoms with Crippen LogP contribution in [-0.4, -0.2) is 22.9 Å². The van der Waals surface area contributed by atoms with Crippen LogP contribution in [-0.2, 0) is 6.42 Å². The lowest BCUT2D eigenvalue weighted by Crippen LogP contribution is -2.34. The zero-order valence-electron chi connectivity index (χ0n) is 12.1. The molecule has 0 unspecified atom stereocenters. The van der Waals surface area contributed by atoms with Crippen molar-refractivity contribution in [3.05, 3.63) is 47.3 Å². The fourth-order valence-electron chi connectivity index (χ4n) is 2.05. The fraction of sp³-hybridized carbons (Fsp3) is 0.333. The summed E-state index contributed by atoms with van der Waals surface area (Å²) in [6.07, 6.45) is 0.637. The number of benzene rings is 1. The molecule has 21 heavy (non-hydrogen) atoms. The van der Waals surface area contributed by atoms with Crippen LogP contribution in [0.5, 0.6) is 0 Å². The van der Waals surface area contributed by atoms with Crippen molar-refractivity contribution in [3.8, 4) is 0 Å². The third-order valence-electron chi connectivity index (χ3n) is 3.18. The molecule has 0 bridgehead atoms. The predicted molar refractivity (Wildman–Crippen MR) is 79.0 cm³/mol. The average Bonchev–Trinajstić information content (AvgIpc) is 2.86. The summed E-state index contributed by atoms with van der Waals surface area (Å²) in [5.41, 5.74) is 2.05. The zero-order valence-corrected chi connectivity index (χ0v) is 12.1. The minimum atomic E-state index is -0.462. The Labute approximate surface area is 123 Å². The van der Waals surface area contributed by atoms with Crippen molar-refractivity contribution in [2.75, 3.05) is 11.9 Å². The molecular weight excluding hydrogens is 270 g/mol. The summed E-state index contributed by atoms with van der Waals surface area (Å²) < 4.78 is 5.12. The monoisotopic (exact) mass is 289 g/mol. The molecule has 2 aromatic rings. The number of anilines is 1. The topological polar surface area (TPSA) is 87.4 Å². The van der Waals surface area contributed by atoms with Gasteiger partial charge in [-0.25, -0.2) is 4.79 Å². The van der Waals surface area contributed by atoms with Gasteiger partial charge in [-0.15, -0.1) is 0 Å². The lowest BCUT2D eigenvalue weighted by molar-refractivity contribution is 0.225. The van der Waals surface area contributed by atoms with Crippen molar-refractivity contribution >= 4 is 11.7 Å². The Bertz CT molecular complexity index is 595. The number of urea groups is 1. The predicted octanol–water partition coefficient (Wildman–Crippen LogP) is 2.40. The van der Waals surface area contributed by atoms with Gasteiger partial charge in [-0.3, -0.25) is 0 Å². The highest BCUT2D eigenvalue weighted by Crippen LogP contribution is 2.20. The Morgan fingerprint density at radius 1 is 1.38 bits per heavy atom. The Morgan fingerprint density at radius 2 is 2.10 bits per heavy atom. The van der Waals surface area contributed by atoms with Gasteiger partial charge >= 0.3 is 6.03 Å². The van der Waals surface area contributed by atoms with Gasteiger partial charge in [0.05, 0.1) is 12.6 Å². The summed E-state index contributed by atoms with van der Waals surface area (Å²) in [6.45, 7) is 3.50. The number of aryl methyl sites for hydroxylation is 2. The quantitative estimate of drug-likeness (QED) is 0.788. The van der Waals surface area contributed by atoms with Crippen LogP contribution in [0.15, 0.2) is 34.9 Å². The number of hydrogen-bond acceptors (Lipinski definition) is 4. The van der Waals surface area contributed by atoms with Gasteiger partial charge in [-0.2, -0.15) is 0 Å². The molecule has 0 saturated heterocycles. The molecule has 6 nitrogen and oxygen atoms in total. The number of nitrogens with one attached hydrogen (secondary N) is 2. The smallest absolute Gasteiger partial charge is 0.319 e. The molecule has 0 aliphatic heterocycles. The molecular formula is C15H19N3O3. The third-order valence-corrected chi connectivity index (χ3v) is 3.18. The van der Waals surface area contributed by atoms with Crippen LogP contribution in [0.2, 0.25) is 0 Å². The van der Waals surface area contributed by atoms with Gasteiger partial charge in [0, 0.05) is 6.42 Å². The zero-order chi connectivity index (χ0) is 15.2. The molecule has 112 valence electrons. The van der Waals surface area contributed by atoms with Crippen LogP contribution in [0, 0.1) is 6.92 Å². The van der Waals surface area contributed by atoms with E-state index in [2.05, 4.69) is 15.8 Å². The van der Waals surface area contributed by atoms with E-state index >= 15 is 0 Å². The van der Waals surface area contributed by atoms with Crippen molar-refractivity contribution in [3.63, 3.8) is 0 Å². The standard InChI is InChI=1S/C15H19N3O3/c1-3-13-14(10(2)18-21-13)17-15(20)16-12(9-19)11-7-5-4-6-8-11/h4-8,12,19H,3,9H2,1-2H3,(H2,16,17,20)/t12-/m1/s1. The molecule has 1 atom stereocenters. The first-order valence-corrected chi connectivity index (χ1v) is 6.84. The molecule has 1 aromatic heterocycles. The number of aromatic nitrogens is 1. The lowest BCUT2D eigenvalue weighted by Gasteiger charge is -2.17. The molecule has 0 spiro atoms. The molecule has 0 aliphatic carbocycles. The number of nitrogens with zero attached hydrogens (tertiary/aromatic N) is 1. The van der Waals surface area contributed by atoms with Gasteiger partial charge in [0.1, 0.15) is 11.4 Å². The van der Waals surface area contributed by atoms with Gasteiger partial charge in [0.25, 0.3) is 0 Å². The molecule has 2 rings (SSSR count). The van der Waals surface area contributed by atoms with E-state index in [1.165, 1.54) is 0 Å². The number of amides is 2. The van der Waals surface area contributed by atoms with Gasteiger partial charge in [-0.1, -0.05) is 42.4 Å². The molecule has 2 amide bonds. The van der Waals surface area contributed by atoms with Crippen molar-refractivity contribution in [1.29, 1.82) is 0 Å². The van der Waals surface area contributed by atoms with Crippen LogP contribution < -0.4 is 10.6 Å². The first-order chi connectivity index (χ1) is 10.2. The van der Waals surface area contributed by atoms with Crippen LogP contribution in [0.25, 0.3) is 0 Å². The van der Waals surface area contributed by atoms with Crippen molar-refractivity contribution in [2.45, 2.75) is 26.3 Å². The third kappa shape index (κ3) is 3.61. The summed E-state index contributed by atoms with van der Waals surface area (Å²) >= 11 is 0. The summed E-state index contributed by atoms with van der Waals surface area (Å²) in [5, 5.41) is 18.7. The van der Waals surface area contributed by atoms with E-state index in [0.29, 0.717) is 23.6 Å². The molecule has 1 aromatic carbocycles. The SMILES string of the molecule is CCc1onc(C)c1NC(=O)N[C@H](CO)c1ccccc1. The summed E-state index contributed by atoms with van der Waals surface area (Å²) in [4.78, 5) is 12.1. The molecule has 0 fully saturated rings. The van der Waals surface area contributed by atoms with Gasteiger partial charge < -0.3 is 20.3 Å². The second kappa shape index (κ2) is 6.90. The minimum Gasteiger partial charge on any atom is -0.394 e. The van der Waals surface area contributed by atoms with E-state index in [1.54, 1.807) is 6.92 Å². The van der Waals surface area contributed by atoms with Gasteiger partial charge in [-0.05, 0) is 12.5 Å². The molecule has 0 saturated carbocycles. The number of aliphatic hydroxyl groups is 1. The molecule has 6 heteroatoms. The normalized spacial score (nSPS) is 12.0.